The number of nitrogens with zero attached hydrogens (tertiary/aromatic N) is 2. The molecule has 1 N–H and O–H groups in total. The molecule has 7 heteroatoms. The summed E-state index contributed by atoms with van der Waals surface area (Å²) >= 11 is 0. The van der Waals surface area contributed by atoms with Crippen molar-refractivity contribution in [2.45, 2.75) is 63.3 Å². The zero-order chi connectivity index (χ0) is 23.9. The van der Waals surface area contributed by atoms with E-state index >= 15 is 0 Å². The van der Waals surface area contributed by atoms with Crippen LogP contribution < -0.4 is 10.2 Å². The summed E-state index contributed by atoms with van der Waals surface area (Å²) in [6, 6.07) is 14.2. The Morgan fingerprint density at radius 3 is 2.50 bits per heavy atom. The molecule has 2 aliphatic heterocycles. The van der Waals surface area contributed by atoms with Gasteiger partial charge in [0.2, 0.25) is 5.91 Å². The summed E-state index contributed by atoms with van der Waals surface area (Å²) in [7, 11) is 0. The molecule has 2 fully saturated rings. The van der Waals surface area contributed by atoms with Gasteiger partial charge in [-0.1, -0.05) is 43.2 Å². The summed E-state index contributed by atoms with van der Waals surface area (Å²) in [6.07, 6.45) is 0.813. The fraction of sp³-hybridized carbons (Fsp3) is 0.519. The Morgan fingerprint density at radius 2 is 1.79 bits per heavy atom. The van der Waals surface area contributed by atoms with Gasteiger partial charge < -0.3 is 10.2 Å². The maximum Gasteiger partial charge on any atom is 0.416 e. The molecule has 1 saturated carbocycles. The van der Waals surface area contributed by atoms with Crippen LogP contribution in [0.15, 0.2) is 48.5 Å². The first-order valence-corrected chi connectivity index (χ1v) is 12.4. The van der Waals surface area contributed by atoms with Crippen LogP contribution in [0.25, 0.3) is 0 Å². The second kappa shape index (κ2) is 9.25. The van der Waals surface area contributed by atoms with Crippen LogP contribution in [-0.4, -0.2) is 42.5 Å². The molecule has 3 aliphatic rings. The average Bonchev–Trinajstić information content (AvgIpc) is 3.38. The smallest absolute Gasteiger partial charge is 0.365 e. The van der Waals surface area contributed by atoms with Gasteiger partial charge in [-0.3, -0.25) is 9.69 Å². The Bertz CT molecular complexity index is 1020. The maximum absolute atomic E-state index is 13.6. The fourth-order valence-corrected chi connectivity index (χ4v) is 6.07. The minimum Gasteiger partial charge on any atom is -0.365 e. The molecule has 0 unspecified atom stereocenters. The summed E-state index contributed by atoms with van der Waals surface area (Å²) in [5, 5.41) is 3.15. The number of carbonyl (C=O) groups is 1. The zero-order valence-corrected chi connectivity index (χ0v) is 19.5. The van der Waals surface area contributed by atoms with Crippen molar-refractivity contribution in [3.8, 4) is 0 Å². The van der Waals surface area contributed by atoms with Gasteiger partial charge in [-0.05, 0) is 55.5 Å². The molecule has 1 saturated heterocycles. The van der Waals surface area contributed by atoms with E-state index < -0.39 is 17.7 Å². The van der Waals surface area contributed by atoms with E-state index in [-0.39, 0.29) is 18.0 Å². The number of hydrogen-bond donors (Lipinski definition) is 1. The second-order valence-electron chi connectivity index (χ2n) is 9.99. The van der Waals surface area contributed by atoms with Gasteiger partial charge in [-0.2, -0.15) is 13.2 Å². The molecular weight excluding hydrogens is 439 g/mol. The predicted octanol–water partition coefficient (Wildman–Crippen LogP) is 5.19. The number of nitrogens with one attached hydrogen (secondary N) is 1. The molecule has 2 heterocycles. The molecular formula is C27H32F3N3O. The van der Waals surface area contributed by atoms with Crippen molar-refractivity contribution in [1.29, 1.82) is 0 Å². The van der Waals surface area contributed by atoms with Gasteiger partial charge in [0.1, 0.15) is 0 Å². The minimum absolute atomic E-state index is 0.0402. The first kappa shape index (κ1) is 23.2. The van der Waals surface area contributed by atoms with Crippen molar-refractivity contribution in [2.75, 3.05) is 24.5 Å². The van der Waals surface area contributed by atoms with Crippen LogP contribution in [0.4, 0.5) is 18.9 Å². The van der Waals surface area contributed by atoms with E-state index in [0.717, 1.165) is 30.9 Å². The first-order valence-electron chi connectivity index (χ1n) is 12.4. The zero-order valence-electron chi connectivity index (χ0n) is 19.5. The molecule has 4 nitrogen and oxygen atoms in total. The number of rotatable bonds is 4. The van der Waals surface area contributed by atoms with Gasteiger partial charge in [0.05, 0.1) is 23.6 Å². The first-order chi connectivity index (χ1) is 16.3. The van der Waals surface area contributed by atoms with E-state index in [2.05, 4.69) is 15.1 Å². The monoisotopic (exact) mass is 471 g/mol. The molecule has 0 bridgehead atoms. The van der Waals surface area contributed by atoms with E-state index in [1.54, 1.807) is 6.07 Å². The van der Waals surface area contributed by atoms with Gasteiger partial charge in [0.25, 0.3) is 0 Å². The summed E-state index contributed by atoms with van der Waals surface area (Å²) in [5.41, 5.74) is 1.84. The number of halogens is 3. The Kier molecular flexibility index (Phi) is 6.32. The number of piperazine rings is 1. The van der Waals surface area contributed by atoms with Crippen molar-refractivity contribution in [3.63, 3.8) is 0 Å². The standard InChI is InChI=1S/C27H32F3N3O/c1-18(19-7-3-2-4-8-19)31-26(34)23-16-20-15-21(27(28,29)30)11-12-24(20)33-14-13-32(17-25(23)33)22-9-5-6-10-22/h2-4,7-8,11-12,15,18,22-23,25H,5-6,9-10,13-14,16-17H2,1H3,(H,31,34)/t18-,23-,25-/m0/s1. The molecule has 3 atom stereocenters. The minimum atomic E-state index is -4.40. The Morgan fingerprint density at radius 1 is 1.06 bits per heavy atom. The predicted molar refractivity (Wildman–Crippen MR) is 127 cm³/mol. The maximum atomic E-state index is 13.6. The van der Waals surface area contributed by atoms with E-state index in [4.69, 9.17) is 0 Å². The third-order valence-electron chi connectivity index (χ3n) is 7.91. The lowest BCUT2D eigenvalue weighted by Crippen LogP contribution is -2.62. The van der Waals surface area contributed by atoms with Gasteiger partial charge in [0, 0.05) is 31.4 Å². The quantitative estimate of drug-likeness (QED) is 0.667. The fourth-order valence-electron chi connectivity index (χ4n) is 6.07. The number of hydrogen-bond acceptors (Lipinski definition) is 3. The molecule has 0 radical (unpaired) electrons. The molecule has 2 aromatic carbocycles. The largest absolute Gasteiger partial charge is 0.416 e. The molecule has 182 valence electrons. The molecule has 2 aromatic rings. The molecule has 1 aliphatic carbocycles. The number of anilines is 1. The van der Waals surface area contributed by atoms with Crippen LogP contribution >= 0.6 is 0 Å². The number of fused-ring (bicyclic) bond motifs is 3. The highest BCUT2D eigenvalue weighted by Crippen LogP contribution is 2.40. The molecule has 34 heavy (non-hydrogen) atoms. The van der Waals surface area contributed by atoms with E-state index in [1.807, 2.05) is 37.3 Å². The lowest BCUT2D eigenvalue weighted by atomic mass is 9.82. The summed E-state index contributed by atoms with van der Waals surface area (Å²) in [4.78, 5) is 18.3. The molecule has 1 amide bonds. The van der Waals surface area contributed by atoms with Gasteiger partial charge in [-0.15, -0.1) is 0 Å². The van der Waals surface area contributed by atoms with Crippen molar-refractivity contribution < 1.29 is 18.0 Å². The molecule has 5 rings (SSSR count). The number of carbonyl (C=O) groups excluding carboxylic acids is 1. The number of alkyl halides is 3. The molecule has 0 aromatic heterocycles. The SMILES string of the molecule is C[C@H](NC(=O)[C@H]1Cc2cc(C(F)(F)F)ccc2N2CCN(C3CCCC3)C[C@@H]12)c1ccccc1. The summed E-state index contributed by atoms with van der Waals surface area (Å²) < 4.78 is 40.3. The van der Waals surface area contributed by atoms with Crippen molar-refractivity contribution in [2.24, 2.45) is 5.92 Å². The van der Waals surface area contributed by atoms with Crippen molar-refractivity contribution in [3.05, 3.63) is 65.2 Å². The third kappa shape index (κ3) is 4.54. The Labute approximate surface area is 199 Å². The normalized spacial score (nSPS) is 24.4. The highest BCUT2D eigenvalue weighted by Gasteiger charge is 2.44. The highest BCUT2D eigenvalue weighted by atomic mass is 19.4. The van der Waals surface area contributed by atoms with Gasteiger partial charge >= 0.3 is 6.18 Å². The summed E-state index contributed by atoms with van der Waals surface area (Å²) in [5.74, 6) is -0.478. The van der Waals surface area contributed by atoms with Crippen LogP contribution in [0.3, 0.4) is 0 Å². The third-order valence-corrected chi connectivity index (χ3v) is 7.91. The van der Waals surface area contributed by atoms with Crippen LogP contribution in [0.2, 0.25) is 0 Å². The Balaban J connectivity index is 1.43. The van der Waals surface area contributed by atoms with Crippen molar-refractivity contribution >= 4 is 11.6 Å². The van der Waals surface area contributed by atoms with Gasteiger partial charge in [0.15, 0.2) is 0 Å². The average molecular weight is 472 g/mol. The van der Waals surface area contributed by atoms with E-state index in [0.29, 0.717) is 18.0 Å². The number of amides is 1. The topological polar surface area (TPSA) is 35.6 Å². The van der Waals surface area contributed by atoms with Crippen LogP contribution in [0.1, 0.15) is 55.3 Å². The van der Waals surface area contributed by atoms with Crippen LogP contribution in [0, 0.1) is 5.92 Å². The summed E-state index contributed by atoms with van der Waals surface area (Å²) in [6.45, 7) is 4.35. The van der Waals surface area contributed by atoms with Crippen LogP contribution in [-0.2, 0) is 17.4 Å². The van der Waals surface area contributed by atoms with Crippen molar-refractivity contribution in [1.82, 2.24) is 10.2 Å². The highest BCUT2D eigenvalue weighted by molar-refractivity contribution is 5.82. The van der Waals surface area contributed by atoms with E-state index in [1.165, 1.54) is 37.8 Å². The molecule has 0 spiro atoms. The lowest BCUT2D eigenvalue weighted by Gasteiger charge is -2.50. The number of benzene rings is 2. The lowest BCUT2D eigenvalue weighted by molar-refractivity contribution is -0.137. The Hall–Kier alpha value is -2.54. The van der Waals surface area contributed by atoms with Crippen LogP contribution in [0.5, 0.6) is 0 Å². The van der Waals surface area contributed by atoms with Gasteiger partial charge in [-0.25, -0.2) is 0 Å². The second-order valence-corrected chi connectivity index (χ2v) is 9.99. The van der Waals surface area contributed by atoms with E-state index in [9.17, 15) is 18.0 Å².